The Morgan fingerprint density at radius 3 is 2.43 bits per heavy atom. The smallest absolute Gasteiger partial charge is 0.260 e. The number of rotatable bonds is 4. The Hall–Kier alpha value is -3.12. The van der Waals surface area contributed by atoms with E-state index in [0.29, 0.717) is 23.4 Å². The monoisotopic (exact) mass is 394 g/mol. The Morgan fingerprint density at radius 2 is 1.79 bits per heavy atom. The third-order valence-electron chi connectivity index (χ3n) is 4.74. The minimum absolute atomic E-state index is 0.132. The normalized spacial score (nSPS) is 13.8. The highest BCUT2D eigenvalue weighted by Gasteiger charge is 2.23. The van der Waals surface area contributed by atoms with Gasteiger partial charge >= 0.3 is 0 Å². The van der Waals surface area contributed by atoms with Crippen molar-refractivity contribution in [3.63, 3.8) is 0 Å². The summed E-state index contributed by atoms with van der Waals surface area (Å²) in [5, 5.41) is 7.52. The van der Waals surface area contributed by atoms with Crippen LogP contribution in [0.15, 0.2) is 54.6 Å². The highest BCUT2D eigenvalue weighted by atomic mass is 35.5. The second-order valence-corrected chi connectivity index (χ2v) is 7.01. The van der Waals surface area contributed by atoms with E-state index >= 15 is 0 Å². The van der Waals surface area contributed by atoms with Gasteiger partial charge in [-0.15, -0.1) is 0 Å². The molecule has 142 valence electrons. The van der Waals surface area contributed by atoms with Gasteiger partial charge in [-0.2, -0.15) is 5.10 Å². The summed E-state index contributed by atoms with van der Waals surface area (Å²) in [5.41, 5.74) is 3.14. The molecule has 0 bridgehead atoms. The van der Waals surface area contributed by atoms with Crippen LogP contribution in [0.5, 0.6) is 0 Å². The van der Waals surface area contributed by atoms with Crippen LogP contribution >= 0.6 is 11.6 Å². The van der Waals surface area contributed by atoms with Crippen LogP contribution in [0.4, 0.5) is 11.4 Å². The molecule has 0 unspecified atom stereocenters. The molecule has 28 heavy (non-hydrogen) atoms. The summed E-state index contributed by atoms with van der Waals surface area (Å²) in [4.78, 5) is 26.4. The van der Waals surface area contributed by atoms with Crippen LogP contribution in [0, 0.1) is 6.92 Å². The Bertz CT molecular complexity index is 1030. The van der Waals surface area contributed by atoms with Crippen molar-refractivity contribution in [2.75, 3.05) is 16.8 Å². The molecule has 0 aliphatic carbocycles. The van der Waals surface area contributed by atoms with Crippen molar-refractivity contribution in [3.05, 3.63) is 71.0 Å². The van der Waals surface area contributed by atoms with E-state index in [-0.39, 0.29) is 17.0 Å². The summed E-state index contributed by atoms with van der Waals surface area (Å²) >= 11 is 6.45. The van der Waals surface area contributed by atoms with Crippen molar-refractivity contribution in [1.82, 2.24) is 9.78 Å². The molecule has 1 fully saturated rings. The highest BCUT2D eigenvalue weighted by molar-refractivity contribution is 6.34. The number of nitrogens with zero attached hydrogens (tertiary/aromatic N) is 3. The second-order valence-electron chi connectivity index (χ2n) is 6.65. The minimum Gasteiger partial charge on any atom is -0.322 e. The number of hydrogen-bond donors (Lipinski definition) is 1. The molecule has 6 nitrogen and oxygen atoms in total. The number of carbonyl (C=O) groups excluding carboxylic acids is 2. The fraction of sp³-hybridized carbons (Fsp3) is 0.190. The van der Waals surface area contributed by atoms with Crippen molar-refractivity contribution < 1.29 is 9.59 Å². The van der Waals surface area contributed by atoms with Crippen LogP contribution in [0.25, 0.3) is 5.69 Å². The van der Waals surface area contributed by atoms with Crippen molar-refractivity contribution >= 4 is 34.8 Å². The van der Waals surface area contributed by atoms with Crippen LogP contribution < -0.4 is 10.2 Å². The molecule has 0 atom stereocenters. The van der Waals surface area contributed by atoms with E-state index in [9.17, 15) is 9.59 Å². The minimum atomic E-state index is -0.324. The maximum absolute atomic E-state index is 12.8. The van der Waals surface area contributed by atoms with Gasteiger partial charge in [0.1, 0.15) is 10.7 Å². The van der Waals surface area contributed by atoms with Crippen molar-refractivity contribution in [2.45, 2.75) is 19.8 Å². The zero-order valence-electron chi connectivity index (χ0n) is 15.4. The predicted octanol–water partition coefficient (Wildman–Crippen LogP) is 4.21. The van der Waals surface area contributed by atoms with E-state index in [4.69, 9.17) is 11.6 Å². The van der Waals surface area contributed by atoms with Crippen LogP contribution in [-0.4, -0.2) is 28.1 Å². The second kappa shape index (κ2) is 7.48. The van der Waals surface area contributed by atoms with E-state index < -0.39 is 0 Å². The Balaban J connectivity index is 1.54. The molecule has 4 rings (SSSR count). The molecule has 1 N–H and O–H groups in total. The van der Waals surface area contributed by atoms with E-state index in [1.165, 1.54) is 0 Å². The van der Waals surface area contributed by atoms with E-state index in [1.807, 2.05) is 42.5 Å². The molecule has 0 spiro atoms. The molecular weight excluding hydrogens is 376 g/mol. The van der Waals surface area contributed by atoms with Gasteiger partial charge in [-0.3, -0.25) is 9.59 Å². The fourth-order valence-electron chi connectivity index (χ4n) is 3.34. The van der Waals surface area contributed by atoms with Crippen LogP contribution in [0.1, 0.15) is 28.9 Å². The number of benzene rings is 2. The third kappa shape index (κ3) is 3.39. The molecule has 2 aromatic carbocycles. The van der Waals surface area contributed by atoms with Gasteiger partial charge in [-0.1, -0.05) is 29.8 Å². The lowest BCUT2D eigenvalue weighted by Crippen LogP contribution is -2.23. The van der Waals surface area contributed by atoms with Gasteiger partial charge in [0.25, 0.3) is 5.91 Å². The zero-order chi connectivity index (χ0) is 19.7. The van der Waals surface area contributed by atoms with Gasteiger partial charge in [-0.25, -0.2) is 4.68 Å². The molecule has 0 saturated carbocycles. The van der Waals surface area contributed by atoms with Gasteiger partial charge in [-0.05, 0) is 49.7 Å². The topological polar surface area (TPSA) is 67.2 Å². The summed E-state index contributed by atoms with van der Waals surface area (Å²) in [5.74, 6) is -0.192. The van der Waals surface area contributed by atoms with E-state index in [2.05, 4.69) is 10.4 Å². The van der Waals surface area contributed by atoms with Gasteiger partial charge in [0.05, 0.1) is 11.4 Å². The van der Waals surface area contributed by atoms with Crippen molar-refractivity contribution in [2.24, 2.45) is 0 Å². The summed E-state index contributed by atoms with van der Waals surface area (Å²) in [6, 6.07) is 16.6. The first-order valence-electron chi connectivity index (χ1n) is 9.07. The first-order chi connectivity index (χ1) is 13.5. The number of para-hydroxylation sites is 1. The van der Waals surface area contributed by atoms with Crippen molar-refractivity contribution in [1.29, 1.82) is 0 Å². The third-order valence-corrected chi connectivity index (χ3v) is 5.09. The lowest BCUT2D eigenvalue weighted by molar-refractivity contribution is -0.117. The Morgan fingerprint density at radius 1 is 1.07 bits per heavy atom. The molecular formula is C21H19ClN4O2. The van der Waals surface area contributed by atoms with Crippen molar-refractivity contribution in [3.8, 4) is 5.69 Å². The summed E-state index contributed by atoms with van der Waals surface area (Å²) in [6.07, 6.45) is 1.46. The number of nitrogens with one attached hydrogen (secondary N) is 1. The van der Waals surface area contributed by atoms with Crippen LogP contribution in [0.2, 0.25) is 5.15 Å². The standard InChI is InChI=1S/C21H19ClN4O2/c1-14-19(20(22)26(24-14)17-6-3-2-4-7-17)21(28)23-15-9-11-16(12-10-15)25-13-5-8-18(25)27/h2-4,6-7,9-12H,5,8,13H2,1H3,(H,23,28). The number of carbonyl (C=O) groups is 2. The lowest BCUT2D eigenvalue weighted by Gasteiger charge is -2.16. The molecule has 3 aromatic rings. The zero-order valence-corrected chi connectivity index (χ0v) is 16.1. The largest absolute Gasteiger partial charge is 0.322 e. The van der Waals surface area contributed by atoms with Gasteiger partial charge < -0.3 is 10.2 Å². The first kappa shape index (κ1) is 18.3. The van der Waals surface area contributed by atoms with Crippen LogP contribution in [-0.2, 0) is 4.79 Å². The molecule has 1 saturated heterocycles. The molecule has 1 aliphatic rings. The summed E-state index contributed by atoms with van der Waals surface area (Å²) in [7, 11) is 0. The first-order valence-corrected chi connectivity index (χ1v) is 9.45. The predicted molar refractivity (Wildman–Crippen MR) is 109 cm³/mol. The number of hydrogen-bond acceptors (Lipinski definition) is 3. The fourth-order valence-corrected chi connectivity index (χ4v) is 3.69. The molecule has 2 amide bonds. The van der Waals surface area contributed by atoms with Gasteiger partial charge in [0.15, 0.2) is 0 Å². The quantitative estimate of drug-likeness (QED) is 0.720. The number of aryl methyl sites for hydroxylation is 1. The number of anilines is 2. The molecule has 2 heterocycles. The number of aromatic nitrogens is 2. The van der Waals surface area contributed by atoms with E-state index in [0.717, 1.165) is 24.3 Å². The Labute approximate surface area is 167 Å². The highest BCUT2D eigenvalue weighted by Crippen LogP contribution is 2.26. The van der Waals surface area contributed by atoms with Gasteiger partial charge in [0.2, 0.25) is 5.91 Å². The Kier molecular flexibility index (Phi) is 4.88. The lowest BCUT2D eigenvalue weighted by atomic mass is 10.2. The van der Waals surface area contributed by atoms with Crippen LogP contribution in [0.3, 0.4) is 0 Å². The molecule has 1 aromatic heterocycles. The average molecular weight is 395 g/mol. The number of amides is 2. The van der Waals surface area contributed by atoms with E-state index in [1.54, 1.807) is 28.6 Å². The molecule has 1 aliphatic heterocycles. The molecule has 7 heteroatoms. The average Bonchev–Trinajstić information content (AvgIpc) is 3.25. The van der Waals surface area contributed by atoms with Gasteiger partial charge in [0, 0.05) is 24.3 Å². The number of halogens is 1. The maximum atomic E-state index is 12.8. The molecule has 0 radical (unpaired) electrons. The summed E-state index contributed by atoms with van der Waals surface area (Å²) in [6.45, 7) is 2.49. The SMILES string of the molecule is Cc1nn(-c2ccccc2)c(Cl)c1C(=O)Nc1ccc(N2CCCC2=O)cc1. The summed E-state index contributed by atoms with van der Waals surface area (Å²) < 4.78 is 1.55. The maximum Gasteiger partial charge on any atom is 0.260 e.